The summed E-state index contributed by atoms with van der Waals surface area (Å²) in [6.45, 7) is 9.31. The molecule has 0 aromatic heterocycles. The molecule has 11 rings (SSSR count). The lowest BCUT2D eigenvalue weighted by atomic mass is 9.81. The Balaban J connectivity index is 0.882. The molecule has 0 saturated heterocycles. The van der Waals surface area contributed by atoms with Crippen LogP contribution in [-0.2, 0) is 31.1 Å². The van der Waals surface area contributed by atoms with Gasteiger partial charge < -0.3 is 14.5 Å². The van der Waals surface area contributed by atoms with E-state index in [0.29, 0.717) is 0 Å². The number of aryl methyl sites for hydroxylation is 4. The molecule has 2 heterocycles. The van der Waals surface area contributed by atoms with Crippen LogP contribution >= 0.6 is 0 Å². The minimum atomic E-state index is -0.145. The molecule has 0 fully saturated rings. The van der Waals surface area contributed by atoms with Gasteiger partial charge in [-0.25, -0.2) is 0 Å². The monoisotopic (exact) mass is 802 g/mol. The van der Waals surface area contributed by atoms with Gasteiger partial charge in [0.25, 0.3) is 0 Å². The third kappa shape index (κ3) is 6.26. The van der Waals surface area contributed by atoms with E-state index in [4.69, 9.17) is 4.74 Å². The molecule has 3 aliphatic rings. The first kappa shape index (κ1) is 37.9. The number of hydrogen-bond donors (Lipinski definition) is 0. The van der Waals surface area contributed by atoms with Gasteiger partial charge >= 0.3 is 0 Å². The van der Waals surface area contributed by atoms with E-state index >= 15 is 0 Å². The largest absolute Gasteiger partial charge is 0.453 e. The van der Waals surface area contributed by atoms with Gasteiger partial charge in [0, 0.05) is 28.2 Å². The maximum Gasteiger partial charge on any atom is 0.151 e. The minimum absolute atomic E-state index is 0.145. The normalized spacial score (nSPS) is 14.3. The van der Waals surface area contributed by atoms with E-state index in [1.165, 1.54) is 83.8 Å². The Morgan fingerprint density at radius 2 is 0.887 bits per heavy atom. The van der Waals surface area contributed by atoms with Gasteiger partial charge in [-0.3, -0.25) is 0 Å². The second-order valence-corrected chi connectivity index (χ2v) is 17.4. The van der Waals surface area contributed by atoms with Gasteiger partial charge in [0.1, 0.15) is 0 Å². The maximum atomic E-state index is 6.31. The highest BCUT2D eigenvalue weighted by atomic mass is 16.5. The van der Waals surface area contributed by atoms with E-state index in [1.54, 1.807) is 0 Å². The average Bonchev–Trinajstić information content (AvgIpc) is 3.42. The lowest BCUT2D eigenvalue weighted by molar-refractivity contribution is 0.477. The molecule has 8 aromatic carbocycles. The van der Waals surface area contributed by atoms with E-state index in [2.05, 4.69) is 195 Å². The number of hydrogen-bond acceptors (Lipinski definition) is 3. The minimum Gasteiger partial charge on any atom is -0.453 e. The number of ether oxygens (including phenoxy) is 1. The third-order valence-corrected chi connectivity index (χ3v) is 13.5. The summed E-state index contributed by atoms with van der Waals surface area (Å²) in [5, 5.41) is 0. The molecule has 0 unspecified atom stereocenters. The highest BCUT2D eigenvalue weighted by molar-refractivity contribution is 5.90. The Labute approximate surface area is 366 Å². The number of anilines is 6. The first-order valence-corrected chi connectivity index (χ1v) is 22.3. The van der Waals surface area contributed by atoms with Crippen LogP contribution < -0.4 is 14.5 Å². The van der Waals surface area contributed by atoms with Crippen LogP contribution in [0.3, 0.4) is 0 Å². The Bertz CT molecular complexity index is 2990. The molecule has 0 spiro atoms. The number of nitrogens with zero attached hydrogens (tertiary/aromatic N) is 2. The zero-order valence-electron chi connectivity index (χ0n) is 36.0. The summed E-state index contributed by atoms with van der Waals surface area (Å²) >= 11 is 0. The predicted octanol–water partition coefficient (Wildman–Crippen LogP) is 16.1. The van der Waals surface area contributed by atoms with Crippen LogP contribution in [0.5, 0.6) is 11.5 Å². The van der Waals surface area contributed by atoms with E-state index < -0.39 is 0 Å². The van der Waals surface area contributed by atoms with Crippen LogP contribution in [0.1, 0.15) is 72.2 Å². The molecule has 0 amide bonds. The molecular formula is C59H50N2O. The molecule has 0 bridgehead atoms. The van der Waals surface area contributed by atoms with E-state index in [1.807, 2.05) is 24.3 Å². The summed E-state index contributed by atoms with van der Waals surface area (Å²) in [7, 11) is 0. The number of fused-ring (bicyclic) bond motifs is 7. The molecule has 62 heavy (non-hydrogen) atoms. The molecule has 302 valence electrons. The Kier molecular flexibility index (Phi) is 9.23. The third-order valence-electron chi connectivity index (χ3n) is 13.5. The van der Waals surface area contributed by atoms with E-state index in [0.717, 1.165) is 54.2 Å². The molecular weight excluding hydrogens is 753 g/mol. The average molecular weight is 803 g/mol. The fourth-order valence-corrected chi connectivity index (χ4v) is 10.3. The summed E-state index contributed by atoms with van der Waals surface area (Å²) < 4.78 is 6.31. The van der Waals surface area contributed by atoms with Gasteiger partial charge in [-0.1, -0.05) is 149 Å². The van der Waals surface area contributed by atoms with Crippen molar-refractivity contribution in [3.05, 3.63) is 214 Å². The lowest BCUT2D eigenvalue weighted by Gasteiger charge is -2.33. The first-order chi connectivity index (χ1) is 30.4. The van der Waals surface area contributed by atoms with Gasteiger partial charge in [0.15, 0.2) is 11.5 Å². The molecule has 3 heteroatoms. The second kappa shape index (κ2) is 15.1. The molecule has 2 aliphatic heterocycles. The van der Waals surface area contributed by atoms with Crippen LogP contribution in [0.25, 0.3) is 34.4 Å². The van der Waals surface area contributed by atoms with Gasteiger partial charge in [-0.05, 0) is 153 Å². The molecule has 1 aliphatic carbocycles. The summed E-state index contributed by atoms with van der Waals surface area (Å²) in [6, 6.07) is 62.5. The zero-order valence-corrected chi connectivity index (χ0v) is 36.0. The SMILES string of the molecule is CCc1cc(/C=C/c2ccc3c(c2)C(C)(C)c2cc(N4c5ccccc5CCc5ccccc54)ccc2-3)ccc1-c1ccc(N2c3ccccc3Oc3ccccc32)cc1CC. The van der Waals surface area contributed by atoms with Crippen LogP contribution in [0.4, 0.5) is 34.1 Å². The van der Waals surface area contributed by atoms with Crippen LogP contribution in [0.15, 0.2) is 170 Å². The Hall–Kier alpha value is -7.10. The summed E-state index contributed by atoms with van der Waals surface area (Å²) in [5.41, 5.74) is 22.8. The van der Waals surface area contributed by atoms with E-state index in [9.17, 15) is 0 Å². The molecule has 0 radical (unpaired) electrons. The fourth-order valence-electron chi connectivity index (χ4n) is 10.3. The van der Waals surface area contributed by atoms with Crippen LogP contribution in [0, 0.1) is 0 Å². The van der Waals surface area contributed by atoms with Crippen molar-refractivity contribution < 1.29 is 4.74 Å². The molecule has 3 nitrogen and oxygen atoms in total. The lowest BCUT2D eigenvalue weighted by Crippen LogP contribution is -2.17. The van der Waals surface area contributed by atoms with Gasteiger partial charge in [0.05, 0.1) is 11.4 Å². The van der Waals surface area contributed by atoms with Crippen molar-refractivity contribution in [2.24, 2.45) is 0 Å². The Morgan fingerprint density at radius 1 is 0.452 bits per heavy atom. The van der Waals surface area contributed by atoms with E-state index in [-0.39, 0.29) is 5.41 Å². The number of rotatable bonds is 7. The zero-order chi connectivity index (χ0) is 42.0. The Morgan fingerprint density at radius 3 is 1.48 bits per heavy atom. The smallest absolute Gasteiger partial charge is 0.151 e. The molecule has 8 aromatic rings. The van der Waals surface area contributed by atoms with Crippen molar-refractivity contribution in [1.29, 1.82) is 0 Å². The van der Waals surface area contributed by atoms with Crippen LogP contribution in [0.2, 0.25) is 0 Å². The molecule has 0 saturated carbocycles. The predicted molar refractivity (Wildman–Crippen MR) is 260 cm³/mol. The van der Waals surface area contributed by atoms with Crippen molar-refractivity contribution in [2.45, 2.75) is 58.8 Å². The standard InChI is InChI=1S/C59H50N2O/c1-5-41-35-39(25-31-47(41)48-33-29-45(37-42(48)6-2)61-55-19-11-13-21-57(55)62-58-22-14-12-20-56(58)61)23-24-40-26-32-49-50-34-30-46(38-52(50)59(3,4)51(49)36-40)60-53-17-9-7-15-43(53)27-28-44-16-8-10-18-54(44)60/h7-26,29-38H,5-6,27-28H2,1-4H3/b24-23+. The van der Waals surface area contributed by atoms with Crippen molar-refractivity contribution in [3.8, 4) is 33.8 Å². The first-order valence-electron chi connectivity index (χ1n) is 22.3. The summed E-state index contributed by atoms with van der Waals surface area (Å²) in [5.74, 6) is 1.74. The quantitative estimate of drug-likeness (QED) is 0.149. The van der Waals surface area contributed by atoms with Crippen molar-refractivity contribution >= 4 is 46.3 Å². The number of para-hydroxylation sites is 6. The van der Waals surface area contributed by atoms with Crippen molar-refractivity contribution in [3.63, 3.8) is 0 Å². The summed E-state index contributed by atoms with van der Waals surface area (Å²) in [4.78, 5) is 4.82. The molecule has 0 atom stereocenters. The van der Waals surface area contributed by atoms with Crippen LogP contribution in [-0.4, -0.2) is 0 Å². The van der Waals surface area contributed by atoms with Gasteiger partial charge in [-0.15, -0.1) is 0 Å². The molecule has 0 N–H and O–H groups in total. The van der Waals surface area contributed by atoms with Gasteiger partial charge in [0.2, 0.25) is 0 Å². The highest BCUT2D eigenvalue weighted by Gasteiger charge is 2.36. The van der Waals surface area contributed by atoms with Gasteiger partial charge in [-0.2, -0.15) is 0 Å². The summed E-state index contributed by atoms with van der Waals surface area (Å²) in [6.07, 6.45) is 8.54. The maximum absolute atomic E-state index is 6.31. The topological polar surface area (TPSA) is 15.7 Å². The highest BCUT2D eigenvalue weighted by Crippen LogP contribution is 2.53. The second-order valence-electron chi connectivity index (χ2n) is 17.4. The van der Waals surface area contributed by atoms with Crippen molar-refractivity contribution in [1.82, 2.24) is 0 Å². The van der Waals surface area contributed by atoms with Crippen molar-refractivity contribution in [2.75, 3.05) is 9.80 Å². The number of benzene rings is 8. The fraction of sp³-hybridized carbons (Fsp3) is 0.153.